The number of amides is 1. The zero-order valence-corrected chi connectivity index (χ0v) is 13.3. The van der Waals surface area contributed by atoms with Crippen LogP contribution in [0, 0.1) is 0 Å². The van der Waals surface area contributed by atoms with Crippen LogP contribution in [0.3, 0.4) is 0 Å². The second kappa shape index (κ2) is 8.24. The van der Waals surface area contributed by atoms with E-state index in [0.29, 0.717) is 30.2 Å². The predicted molar refractivity (Wildman–Crippen MR) is 89.0 cm³/mol. The quantitative estimate of drug-likeness (QED) is 0.760. The van der Waals surface area contributed by atoms with E-state index in [-0.39, 0.29) is 5.91 Å². The number of rotatable bonds is 8. The lowest BCUT2D eigenvalue weighted by molar-refractivity contribution is 0.0954. The van der Waals surface area contributed by atoms with Gasteiger partial charge in [-0.1, -0.05) is 18.7 Å². The molecule has 22 heavy (non-hydrogen) atoms. The van der Waals surface area contributed by atoms with Crippen LogP contribution in [0.15, 0.2) is 48.4 Å². The van der Waals surface area contributed by atoms with Gasteiger partial charge in [0, 0.05) is 17.0 Å². The van der Waals surface area contributed by atoms with Gasteiger partial charge in [0.2, 0.25) is 0 Å². The molecule has 4 nitrogen and oxygen atoms in total. The van der Waals surface area contributed by atoms with Crippen molar-refractivity contribution in [2.24, 2.45) is 0 Å². The number of ether oxygens (including phenoxy) is 2. The van der Waals surface area contributed by atoms with E-state index < -0.39 is 0 Å². The molecule has 2 rings (SSSR count). The molecule has 0 aliphatic carbocycles. The van der Waals surface area contributed by atoms with Gasteiger partial charge in [0.05, 0.1) is 7.11 Å². The molecule has 1 heterocycles. The molecule has 0 unspecified atom stereocenters. The Hall–Kier alpha value is -2.27. The van der Waals surface area contributed by atoms with Crippen molar-refractivity contribution >= 4 is 17.2 Å². The number of thiophene rings is 1. The summed E-state index contributed by atoms with van der Waals surface area (Å²) in [6.45, 7) is 4.60. The zero-order chi connectivity index (χ0) is 15.8. The summed E-state index contributed by atoms with van der Waals surface area (Å²) in [6, 6.07) is 9.21. The van der Waals surface area contributed by atoms with Gasteiger partial charge in [0.15, 0.2) is 11.5 Å². The number of carbonyl (C=O) groups excluding carboxylic acids is 1. The molecule has 0 saturated carbocycles. The molecule has 1 N–H and O–H groups in total. The van der Waals surface area contributed by atoms with Gasteiger partial charge in [0.25, 0.3) is 5.91 Å². The van der Waals surface area contributed by atoms with Gasteiger partial charge in [-0.2, -0.15) is 0 Å². The van der Waals surface area contributed by atoms with Crippen LogP contribution in [-0.4, -0.2) is 26.2 Å². The van der Waals surface area contributed by atoms with E-state index in [1.54, 1.807) is 42.7 Å². The highest BCUT2D eigenvalue weighted by molar-refractivity contribution is 7.09. The fourth-order valence-electron chi connectivity index (χ4n) is 1.93. The lowest BCUT2D eigenvalue weighted by Crippen LogP contribution is -2.25. The number of benzene rings is 1. The Bertz CT molecular complexity index is 623. The Balaban J connectivity index is 1.95. The summed E-state index contributed by atoms with van der Waals surface area (Å²) in [5.41, 5.74) is 0.550. The highest BCUT2D eigenvalue weighted by atomic mass is 32.1. The van der Waals surface area contributed by atoms with Crippen molar-refractivity contribution in [3.63, 3.8) is 0 Å². The molecule has 0 fully saturated rings. The fourth-order valence-corrected chi connectivity index (χ4v) is 2.64. The smallest absolute Gasteiger partial charge is 0.251 e. The number of carbonyl (C=O) groups is 1. The first-order chi connectivity index (χ1) is 10.7. The van der Waals surface area contributed by atoms with E-state index in [2.05, 4.69) is 18.0 Å². The zero-order valence-electron chi connectivity index (χ0n) is 12.5. The normalized spacial score (nSPS) is 10.0. The topological polar surface area (TPSA) is 47.6 Å². The molecular formula is C17H19NO3S. The Morgan fingerprint density at radius 3 is 2.91 bits per heavy atom. The van der Waals surface area contributed by atoms with Crippen LogP contribution in [0.4, 0.5) is 0 Å². The van der Waals surface area contributed by atoms with E-state index in [9.17, 15) is 4.79 Å². The third-order valence-electron chi connectivity index (χ3n) is 3.02. The molecular weight excluding hydrogens is 298 g/mol. The maximum Gasteiger partial charge on any atom is 0.251 e. The molecule has 0 aliphatic rings. The first-order valence-corrected chi connectivity index (χ1v) is 7.85. The summed E-state index contributed by atoms with van der Waals surface area (Å²) in [4.78, 5) is 13.4. The van der Waals surface area contributed by atoms with Crippen LogP contribution >= 0.6 is 11.3 Å². The first kappa shape index (κ1) is 16.1. The van der Waals surface area contributed by atoms with Gasteiger partial charge in [-0.3, -0.25) is 4.79 Å². The first-order valence-electron chi connectivity index (χ1n) is 6.97. The van der Waals surface area contributed by atoms with Crippen LogP contribution < -0.4 is 14.8 Å². The van der Waals surface area contributed by atoms with E-state index >= 15 is 0 Å². The van der Waals surface area contributed by atoms with Crippen molar-refractivity contribution < 1.29 is 14.3 Å². The van der Waals surface area contributed by atoms with Crippen LogP contribution in [0.5, 0.6) is 11.5 Å². The molecule has 0 aliphatic heterocycles. The number of nitrogens with one attached hydrogen (secondary N) is 1. The molecule has 2 aromatic rings. The van der Waals surface area contributed by atoms with Gasteiger partial charge in [0.1, 0.15) is 6.61 Å². The highest BCUT2D eigenvalue weighted by Gasteiger charge is 2.10. The lowest BCUT2D eigenvalue weighted by Gasteiger charge is -2.11. The number of hydrogen-bond acceptors (Lipinski definition) is 4. The van der Waals surface area contributed by atoms with E-state index in [4.69, 9.17) is 9.47 Å². The maximum absolute atomic E-state index is 12.1. The Morgan fingerprint density at radius 1 is 1.36 bits per heavy atom. The predicted octanol–water partition coefficient (Wildman–Crippen LogP) is 3.29. The van der Waals surface area contributed by atoms with Crippen molar-refractivity contribution in [1.82, 2.24) is 5.32 Å². The third kappa shape index (κ3) is 4.36. The molecule has 0 radical (unpaired) electrons. The Kier molecular flexibility index (Phi) is 6.03. The van der Waals surface area contributed by atoms with Gasteiger partial charge in [-0.15, -0.1) is 11.3 Å². The van der Waals surface area contributed by atoms with E-state index in [1.807, 2.05) is 11.4 Å². The number of hydrogen-bond donors (Lipinski definition) is 1. The van der Waals surface area contributed by atoms with Crippen LogP contribution in [0.1, 0.15) is 15.2 Å². The van der Waals surface area contributed by atoms with Crippen LogP contribution in [-0.2, 0) is 6.42 Å². The van der Waals surface area contributed by atoms with Crippen molar-refractivity contribution in [3.05, 3.63) is 58.8 Å². The van der Waals surface area contributed by atoms with E-state index in [0.717, 1.165) is 6.42 Å². The van der Waals surface area contributed by atoms with Crippen molar-refractivity contribution in [2.75, 3.05) is 20.3 Å². The van der Waals surface area contributed by atoms with Gasteiger partial charge in [-0.25, -0.2) is 0 Å². The second-order valence-corrected chi connectivity index (χ2v) is 5.58. The van der Waals surface area contributed by atoms with Crippen LogP contribution in [0.25, 0.3) is 0 Å². The van der Waals surface area contributed by atoms with Crippen molar-refractivity contribution in [2.45, 2.75) is 6.42 Å². The maximum atomic E-state index is 12.1. The molecule has 0 bridgehead atoms. The largest absolute Gasteiger partial charge is 0.493 e. The second-order valence-electron chi connectivity index (χ2n) is 4.55. The van der Waals surface area contributed by atoms with Crippen molar-refractivity contribution in [1.29, 1.82) is 0 Å². The van der Waals surface area contributed by atoms with E-state index in [1.165, 1.54) is 4.88 Å². The monoisotopic (exact) mass is 317 g/mol. The summed E-state index contributed by atoms with van der Waals surface area (Å²) < 4.78 is 10.7. The van der Waals surface area contributed by atoms with Crippen molar-refractivity contribution in [3.8, 4) is 11.5 Å². The molecule has 0 saturated heterocycles. The molecule has 116 valence electrons. The average Bonchev–Trinajstić information content (AvgIpc) is 3.06. The fraction of sp³-hybridized carbons (Fsp3) is 0.235. The molecule has 1 aromatic carbocycles. The minimum absolute atomic E-state index is 0.120. The average molecular weight is 317 g/mol. The summed E-state index contributed by atoms with van der Waals surface area (Å²) >= 11 is 1.69. The van der Waals surface area contributed by atoms with Gasteiger partial charge < -0.3 is 14.8 Å². The standard InChI is InChI=1S/C17H19NO3S/c1-3-10-21-15-7-6-13(12-16(15)20-2)17(19)18-9-8-14-5-4-11-22-14/h3-7,11-12H,1,8-10H2,2H3,(H,18,19). The SMILES string of the molecule is C=CCOc1ccc(C(=O)NCCc2cccs2)cc1OC. The van der Waals surface area contributed by atoms with Gasteiger partial charge in [-0.05, 0) is 36.1 Å². The summed E-state index contributed by atoms with van der Waals surface area (Å²) in [6.07, 6.45) is 2.49. The lowest BCUT2D eigenvalue weighted by atomic mass is 10.2. The number of methoxy groups -OCH3 is 1. The van der Waals surface area contributed by atoms with Gasteiger partial charge >= 0.3 is 0 Å². The molecule has 0 atom stereocenters. The summed E-state index contributed by atoms with van der Waals surface area (Å²) in [5, 5.41) is 4.94. The molecule has 1 amide bonds. The Labute approximate surface area is 134 Å². The Morgan fingerprint density at radius 2 is 2.23 bits per heavy atom. The molecule has 0 spiro atoms. The third-order valence-corrected chi connectivity index (χ3v) is 3.96. The summed E-state index contributed by atoms with van der Waals surface area (Å²) in [7, 11) is 1.55. The highest BCUT2D eigenvalue weighted by Crippen LogP contribution is 2.28. The minimum atomic E-state index is -0.120. The molecule has 1 aromatic heterocycles. The minimum Gasteiger partial charge on any atom is -0.493 e. The molecule has 5 heteroatoms. The summed E-state index contributed by atoms with van der Waals surface area (Å²) in [5.74, 6) is 1.01. The van der Waals surface area contributed by atoms with Crippen LogP contribution in [0.2, 0.25) is 0 Å².